The maximum absolute atomic E-state index is 10.9. The molecular weight excluding hydrogens is 138 g/mol. The van der Waals surface area contributed by atoms with Gasteiger partial charge in [-0.2, -0.15) is 0 Å². The number of allylic oxidation sites excluding steroid dienone is 3. The van der Waals surface area contributed by atoms with Crippen LogP contribution in [0.1, 0.15) is 13.8 Å². The Morgan fingerprint density at radius 3 is 2.91 bits per heavy atom. The van der Waals surface area contributed by atoms with E-state index in [1.807, 2.05) is 19.1 Å². The van der Waals surface area contributed by atoms with Crippen molar-refractivity contribution in [3.63, 3.8) is 0 Å². The Hall–Kier alpha value is -1.18. The van der Waals surface area contributed by atoms with Gasteiger partial charge in [0.05, 0.1) is 6.54 Å². The van der Waals surface area contributed by atoms with Crippen molar-refractivity contribution >= 4 is 12.0 Å². The molecule has 1 rings (SSSR count). The summed E-state index contributed by atoms with van der Waals surface area (Å²) < 4.78 is 0. The minimum Gasteiger partial charge on any atom is -0.294 e. The molecule has 0 bridgehead atoms. The SMILES string of the molecule is CC(=O)C1=CC=C(C)CN=C1. The van der Waals surface area contributed by atoms with Crippen LogP contribution in [0.15, 0.2) is 28.3 Å². The quantitative estimate of drug-likeness (QED) is 0.556. The highest BCUT2D eigenvalue weighted by Gasteiger charge is 2.00. The summed E-state index contributed by atoms with van der Waals surface area (Å²) in [6.07, 6.45) is 5.38. The van der Waals surface area contributed by atoms with Gasteiger partial charge in [-0.3, -0.25) is 9.79 Å². The maximum atomic E-state index is 10.9. The molecular formula is C9H11NO. The standard InChI is InChI=1S/C9H11NO/c1-7-3-4-9(8(2)11)6-10-5-7/h3-4,6H,5H2,1-2H3. The van der Waals surface area contributed by atoms with Crippen LogP contribution in [0.2, 0.25) is 0 Å². The largest absolute Gasteiger partial charge is 0.294 e. The Bertz CT molecular complexity index is 259. The number of carbonyl (C=O) groups excluding carboxylic acids is 1. The highest BCUT2D eigenvalue weighted by Crippen LogP contribution is 2.02. The van der Waals surface area contributed by atoms with Gasteiger partial charge < -0.3 is 0 Å². The number of ketones is 1. The van der Waals surface area contributed by atoms with E-state index in [4.69, 9.17) is 0 Å². The molecule has 1 aliphatic rings. The van der Waals surface area contributed by atoms with Crippen molar-refractivity contribution in [3.05, 3.63) is 23.3 Å². The van der Waals surface area contributed by atoms with Crippen molar-refractivity contribution in [3.8, 4) is 0 Å². The summed E-state index contributed by atoms with van der Waals surface area (Å²) in [5.41, 5.74) is 1.86. The van der Waals surface area contributed by atoms with Crippen molar-refractivity contribution in [2.75, 3.05) is 6.54 Å². The van der Waals surface area contributed by atoms with Gasteiger partial charge in [0.2, 0.25) is 0 Å². The van der Waals surface area contributed by atoms with Crippen LogP contribution in [0.25, 0.3) is 0 Å². The number of aliphatic imine (C=N–C) groups is 1. The number of hydrogen-bond acceptors (Lipinski definition) is 2. The molecule has 0 aromatic heterocycles. The van der Waals surface area contributed by atoms with Gasteiger partial charge in [0.25, 0.3) is 0 Å². The van der Waals surface area contributed by atoms with Crippen molar-refractivity contribution in [2.24, 2.45) is 4.99 Å². The number of nitrogens with zero attached hydrogens (tertiary/aromatic N) is 1. The fraction of sp³-hybridized carbons (Fsp3) is 0.333. The van der Waals surface area contributed by atoms with Crippen LogP contribution in [0.5, 0.6) is 0 Å². The normalized spacial score (nSPS) is 16.9. The average Bonchev–Trinajstić information content (AvgIpc) is 2.13. The van der Waals surface area contributed by atoms with Gasteiger partial charge in [0, 0.05) is 11.8 Å². The second-order valence-corrected chi connectivity index (χ2v) is 2.66. The van der Waals surface area contributed by atoms with E-state index in [-0.39, 0.29) is 5.78 Å². The first kappa shape index (κ1) is 7.92. The average molecular weight is 149 g/mol. The molecule has 0 spiro atoms. The first-order chi connectivity index (χ1) is 5.20. The van der Waals surface area contributed by atoms with Crippen LogP contribution in [-0.4, -0.2) is 18.5 Å². The molecule has 0 saturated carbocycles. The summed E-state index contributed by atoms with van der Waals surface area (Å²) in [6, 6.07) is 0. The van der Waals surface area contributed by atoms with Crippen LogP contribution >= 0.6 is 0 Å². The first-order valence-electron chi connectivity index (χ1n) is 3.58. The van der Waals surface area contributed by atoms with E-state index < -0.39 is 0 Å². The van der Waals surface area contributed by atoms with Gasteiger partial charge in [-0.15, -0.1) is 0 Å². The molecule has 0 aromatic carbocycles. The lowest BCUT2D eigenvalue weighted by molar-refractivity contribution is -0.113. The maximum Gasteiger partial charge on any atom is 0.161 e. The summed E-state index contributed by atoms with van der Waals surface area (Å²) in [5, 5.41) is 0. The Kier molecular flexibility index (Phi) is 2.36. The number of hydrogen-bond donors (Lipinski definition) is 0. The predicted octanol–water partition coefficient (Wildman–Crippen LogP) is 1.53. The van der Waals surface area contributed by atoms with Gasteiger partial charge in [-0.1, -0.05) is 11.6 Å². The van der Waals surface area contributed by atoms with Crippen LogP contribution in [-0.2, 0) is 4.79 Å². The lowest BCUT2D eigenvalue weighted by Crippen LogP contribution is -1.96. The molecule has 0 radical (unpaired) electrons. The molecule has 0 unspecified atom stereocenters. The summed E-state index contributed by atoms with van der Waals surface area (Å²) in [7, 11) is 0. The third-order valence-corrected chi connectivity index (χ3v) is 1.52. The zero-order valence-electron chi connectivity index (χ0n) is 6.79. The zero-order valence-corrected chi connectivity index (χ0v) is 6.79. The molecule has 1 heterocycles. The first-order valence-corrected chi connectivity index (χ1v) is 3.58. The molecule has 0 fully saturated rings. The molecule has 0 aromatic rings. The van der Waals surface area contributed by atoms with E-state index in [2.05, 4.69) is 4.99 Å². The molecule has 2 heteroatoms. The predicted molar refractivity (Wildman–Crippen MR) is 45.9 cm³/mol. The molecule has 1 aliphatic heterocycles. The molecule has 58 valence electrons. The van der Waals surface area contributed by atoms with Gasteiger partial charge in [0.15, 0.2) is 5.78 Å². The highest BCUT2D eigenvalue weighted by molar-refractivity contribution is 6.12. The van der Waals surface area contributed by atoms with Crippen molar-refractivity contribution in [1.29, 1.82) is 0 Å². The van der Waals surface area contributed by atoms with E-state index in [9.17, 15) is 4.79 Å². The van der Waals surface area contributed by atoms with Gasteiger partial charge in [-0.25, -0.2) is 0 Å². The zero-order chi connectivity index (χ0) is 8.27. The number of Topliss-reactive ketones (excluding diaryl/α,β-unsaturated/α-hetero) is 1. The fourth-order valence-electron chi connectivity index (χ4n) is 0.824. The Balaban J connectivity index is 2.89. The van der Waals surface area contributed by atoms with E-state index in [1.54, 1.807) is 13.1 Å². The van der Waals surface area contributed by atoms with Crippen LogP contribution < -0.4 is 0 Å². The Labute approximate surface area is 66.3 Å². The molecule has 0 atom stereocenters. The summed E-state index contributed by atoms with van der Waals surface area (Å²) in [6.45, 7) is 4.25. The molecule has 0 aliphatic carbocycles. The lowest BCUT2D eigenvalue weighted by Gasteiger charge is -1.88. The molecule has 2 nitrogen and oxygen atoms in total. The van der Waals surface area contributed by atoms with E-state index >= 15 is 0 Å². The molecule has 0 saturated heterocycles. The van der Waals surface area contributed by atoms with Crippen LogP contribution in [0.3, 0.4) is 0 Å². The minimum absolute atomic E-state index is 0.0692. The minimum atomic E-state index is 0.0692. The van der Waals surface area contributed by atoms with E-state index in [0.29, 0.717) is 12.1 Å². The monoisotopic (exact) mass is 149 g/mol. The van der Waals surface area contributed by atoms with Gasteiger partial charge in [-0.05, 0) is 19.9 Å². The molecule has 0 amide bonds. The third-order valence-electron chi connectivity index (χ3n) is 1.52. The topological polar surface area (TPSA) is 29.4 Å². The van der Waals surface area contributed by atoms with Crippen LogP contribution in [0, 0.1) is 0 Å². The third kappa shape index (κ3) is 2.15. The van der Waals surface area contributed by atoms with Crippen LogP contribution in [0.4, 0.5) is 0 Å². The number of rotatable bonds is 1. The van der Waals surface area contributed by atoms with E-state index in [0.717, 1.165) is 0 Å². The van der Waals surface area contributed by atoms with E-state index in [1.165, 1.54) is 5.57 Å². The number of carbonyl (C=O) groups is 1. The molecule has 0 N–H and O–H groups in total. The second kappa shape index (κ2) is 3.28. The fourth-order valence-corrected chi connectivity index (χ4v) is 0.824. The van der Waals surface area contributed by atoms with Gasteiger partial charge >= 0.3 is 0 Å². The van der Waals surface area contributed by atoms with Crippen molar-refractivity contribution in [1.82, 2.24) is 0 Å². The van der Waals surface area contributed by atoms with Crippen molar-refractivity contribution in [2.45, 2.75) is 13.8 Å². The smallest absolute Gasteiger partial charge is 0.161 e. The second-order valence-electron chi connectivity index (χ2n) is 2.66. The summed E-state index contributed by atoms with van der Waals surface area (Å²) >= 11 is 0. The Morgan fingerprint density at radius 2 is 2.27 bits per heavy atom. The lowest BCUT2D eigenvalue weighted by atomic mass is 10.2. The summed E-state index contributed by atoms with van der Waals surface area (Å²) in [4.78, 5) is 14.9. The molecule has 11 heavy (non-hydrogen) atoms. The van der Waals surface area contributed by atoms with Gasteiger partial charge in [0.1, 0.15) is 0 Å². The Morgan fingerprint density at radius 1 is 1.55 bits per heavy atom. The van der Waals surface area contributed by atoms with Crippen molar-refractivity contribution < 1.29 is 4.79 Å². The highest BCUT2D eigenvalue weighted by atomic mass is 16.1. The summed E-state index contributed by atoms with van der Waals surface area (Å²) in [5.74, 6) is 0.0692.